The smallest absolute Gasteiger partial charge is 0.409 e. The molecule has 3 rings (SSSR count). The number of carbonyl (C=O) groups is 2. The monoisotopic (exact) mass is 451 g/mol. The fourth-order valence-electron chi connectivity index (χ4n) is 3.80. The molecule has 2 heterocycles. The maximum absolute atomic E-state index is 12.9. The lowest BCUT2D eigenvalue weighted by atomic mass is 10.2. The zero-order chi connectivity index (χ0) is 22.4. The molecule has 0 N–H and O–H groups in total. The van der Waals surface area contributed by atoms with E-state index in [0.717, 1.165) is 25.7 Å². The van der Waals surface area contributed by atoms with E-state index >= 15 is 0 Å². The van der Waals surface area contributed by atoms with Gasteiger partial charge in [0.2, 0.25) is 10.0 Å². The second-order valence-electron chi connectivity index (χ2n) is 8.59. The van der Waals surface area contributed by atoms with Crippen LogP contribution in [0.4, 0.5) is 4.79 Å². The Hall–Kier alpha value is -2.13. The van der Waals surface area contributed by atoms with E-state index in [4.69, 9.17) is 4.74 Å². The van der Waals surface area contributed by atoms with Crippen LogP contribution in [0.5, 0.6) is 0 Å². The van der Waals surface area contributed by atoms with Gasteiger partial charge in [-0.25, -0.2) is 13.2 Å². The summed E-state index contributed by atoms with van der Waals surface area (Å²) in [5.74, 6) is 0.117. The van der Waals surface area contributed by atoms with Crippen molar-refractivity contribution in [1.82, 2.24) is 14.1 Å². The van der Waals surface area contributed by atoms with Crippen LogP contribution in [0, 0.1) is 5.92 Å². The van der Waals surface area contributed by atoms with Gasteiger partial charge in [-0.1, -0.05) is 26.7 Å². The standard InChI is InChI=1S/C22H33N3O5S/c1-18(2)17-30-22(27)24-15-13-23(14-16-24)21(26)19-7-9-20(10-8-19)31(28,29)25-11-5-3-4-6-12-25/h7-10,18H,3-6,11-17H2,1-2H3. The van der Waals surface area contributed by atoms with E-state index in [2.05, 4.69) is 0 Å². The SMILES string of the molecule is CC(C)COC(=O)N1CCN(C(=O)c2ccc(S(=O)(=O)N3CCCCCC3)cc2)CC1. The lowest BCUT2D eigenvalue weighted by Crippen LogP contribution is -2.50. The van der Waals surface area contributed by atoms with Crippen molar-refractivity contribution in [2.75, 3.05) is 45.9 Å². The first kappa shape index (κ1) is 23.5. The van der Waals surface area contributed by atoms with Gasteiger partial charge in [0.05, 0.1) is 11.5 Å². The maximum Gasteiger partial charge on any atom is 0.409 e. The highest BCUT2D eigenvalue weighted by Crippen LogP contribution is 2.21. The number of hydrogen-bond acceptors (Lipinski definition) is 5. The fourth-order valence-corrected chi connectivity index (χ4v) is 5.32. The van der Waals surface area contributed by atoms with Gasteiger partial charge in [0, 0.05) is 44.8 Å². The largest absolute Gasteiger partial charge is 0.449 e. The van der Waals surface area contributed by atoms with Crippen molar-refractivity contribution in [3.8, 4) is 0 Å². The molecule has 0 spiro atoms. The zero-order valence-corrected chi connectivity index (χ0v) is 19.3. The van der Waals surface area contributed by atoms with E-state index in [-0.39, 0.29) is 22.8 Å². The molecule has 0 bridgehead atoms. The van der Waals surface area contributed by atoms with Gasteiger partial charge in [-0.2, -0.15) is 4.31 Å². The lowest BCUT2D eigenvalue weighted by molar-refractivity contribution is 0.0535. The topological polar surface area (TPSA) is 87.2 Å². The molecule has 0 unspecified atom stereocenters. The summed E-state index contributed by atoms with van der Waals surface area (Å²) in [5.41, 5.74) is 0.450. The van der Waals surface area contributed by atoms with Crippen LogP contribution in [0.25, 0.3) is 0 Å². The van der Waals surface area contributed by atoms with Crippen molar-refractivity contribution < 1.29 is 22.7 Å². The third kappa shape index (κ3) is 5.98. The van der Waals surface area contributed by atoms with E-state index in [1.165, 1.54) is 12.1 Å². The molecule has 0 atom stereocenters. The summed E-state index contributed by atoms with van der Waals surface area (Å²) < 4.78 is 32.6. The van der Waals surface area contributed by atoms with Crippen LogP contribution in [0.15, 0.2) is 29.2 Å². The quantitative estimate of drug-likeness (QED) is 0.687. The van der Waals surface area contributed by atoms with Crippen molar-refractivity contribution in [3.05, 3.63) is 29.8 Å². The average molecular weight is 452 g/mol. The van der Waals surface area contributed by atoms with E-state index in [1.54, 1.807) is 26.2 Å². The fraction of sp³-hybridized carbons (Fsp3) is 0.636. The Bertz CT molecular complexity index is 854. The van der Waals surface area contributed by atoms with E-state index < -0.39 is 10.0 Å². The van der Waals surface area contributed by atoms with Crippen molar-refractivity contribution in [2.24, 2.45) is 5.92 Å². The van der Waals surface area contributed by atoms with Gasteiger partial charge in [-0.05, 0) is 43.0 Å². The lowest BCUT2D eigenvalue weighted by Gasteiger charge is -2.34. The van der Waals surface area contributed by atoms with Gasteiger partial charge >= 0.3 is 6.09 Å². The third-order valence-corrected chi connectivity index (χ3v) is 7.58. The van der Waals surface area contributed by atoms with Crippen LogP contribution < -0.4 is 0 Å². The number of piperazine rings is 1. The molecule has 2 fully saturated rings. The van der Waals surface area contributed by atoms with Crippen LogP contribution in [0.3, 0.4) is 0 Å². The van der Waals surface area contributed by atoms with Crippen LogP contribution in [-0.4, -0.2) is 80.4 Å². The number of amides is 2. The molecule has 0 radical (unpaired) electrons. The Morgan fingerprint density at radius 2 is 1.42 bits per heavy atom. The van der Waals surface area contributed by atoms with Crippen LogP contribution in [0.2, 0.25) is 0 Å². The van der Waals surface area contributed by atoms with Gasteiger partial charge in [0.1, 0.15) is 0 Å². The summed E-state index contributed by atoms with van der Waals surface area (Å²) in [6, 6.07) is 6.20. The second kappa shape index (κ2) is 10.5. The molecule has 8 nitrogen and oxygen atoms in total. The number of rotatable bonds is 5. The number of hydrogen-bond donors (Lipinski definition) is 0. The number of sulfonamides is 1. The molecule has 2 aliphatic heterocycles. The highest BCUT2D eigenvalue weighted by atomic mass is 32.2. The highest BCUT2D eigenvalue weighted by Gasteiger charge is 2.28. The Morgan fingerprint density at radius 3 is 1.97 bits per heavy atom. The normalized spacial score (nSPS) is 18.7. The van der Waals surface area contributed by atoms with E-state index in [1.807, 2.05) is 13.8 Å². The summed E-state index contributed by atoms with van der Waals surface area (Å²) in [6.07, 6.45) is 3.54. The van der Waals surface area contributed by atoms with Crippen molar-refractivity contribution in [3.63, 3.8) is 0 Å². The van der Waals surface area contributed by atoms with Crippen molar-refractivity contribution >= 4 is 22.0 Å². The molecule has 0 aromatic heterocycles. The first-order valence-corrected chi connectivity index (χ1v) is 12.5. The van der Waals surface area contributed by atoms with Gasteiger partial charge in [-0.15, -0.1) is 0 Å². The molecule has 31 heavy (non-hydrogen) atoms. The molecule has 2 amide bonds. The summed E-state index contributed by atoms with van der Waals surface area (Å²) in [6.45, 7) is 7.12. The Morgan fingerprint density at radius 1 is 0.871 bits per heavy atom. The van der Waals surface area contributed by atoms with Crippen LogP contribution >= 0.6 is 0 Å². The number of nitrogens with zero attached hydrogens (tertiary/aromatic N) is 3. The minimum atomic E-state index is -3.53. The number of ether oxygens (including phenoxy) is 1. The molecule has 0 aliphatic carbocycles. The van der Waals surface area contributed by atoms with Gasteiger partial charge in [0.25, 0.3) is 5.91 Å². The van der Waals surface area contributed by atoms with Gasteiger partial charge < -0.3 is 14.5 Å². The Balaban J connectivity index is 1.58. The van der Waals surface area contributed by atoms with Crippen molar-refractivity contribution in [1.29, 1.82) is 0 Å². The zero-order valence-electron chi connectivity index (χ0n) is 18.5. The summed E-state index contributed by atoms with van der Waals surface area (Å²) in [7, 11) is -3.53. The predicted molar refractivity (Wildman–Crippen MR) is 117 cm³/mol. The molecule has 2 saturated heterocycles. The first-order valence-electron chi connectivity index (χ1n) is 11.1. The summed E-state index contributed by atoms with van der Waals surface area (Å²) in [4.78, 5) is 28.4. The van der Waals surface area contributed by atoms with Gasteiger partial charge in [0.15, 0.2) is 0 Å². The molecule has 0 saturated carbocycles. The second-order valence-corrected chi connectivity index (χ2v) is 10.5. The summed E-state index contributed by atoms with van der Waals surface area (Å²) >= 11 is 0. The third-order valence-electron chi connectivity index (χ3n) is 5.67. The highest BCUT2D eigenvalue weighted by molar-refractivity contribution is 7.89. The van der Waals surface area contributed by atoms with Crippen LogP contribution in [-0.2, 0) is 14.8 Å². The van der Waals surface area contributed by atoms with Gasteiger partial charge in [-0.3, -0.25) is 4.79 Å². The van der Waals surface area contributed by atoms with Crippen molar-refractivity contribution in [2.45, 2.75) is 44.4 Å². The minimum absolute atomic E-state index is 0.158. The minimum Gasteiger partial charge on any atom is -0.449 e. The molecule has 2 aliphatic rings. The maximum atomic E-state index is 12.9. The molecule has 1 aromatic carbocycles. The summed E-state index contributed by atoms with van der Waals surface area (Å²) in [5, 5.41) is 0. The predicted octanol–water partition coefficient (Wildman–Crippen LogP) is 2.80. The molecule has 9 heteroatoms. The van der Waals surface area contributed by atoms with Crippen LogP contribution in [0.1, 0.15) is 49.9 Å². The molecular weight excluding hydrogens is 418 g/mol. The molecular formula is C22H33N3O5S. The first-order chi connectivity index (χ1) is 14.8. The number of carbonyl (C=O) groups excluding carboxylic acids is 2. The molecule has 1 aromatic rings. The van der Waals surface area contributed by atoms with E-state index in [9.17, 15) is 18.0 Å². The van der Waals surface area contributed by atoms with E-state index in [0.29, 0.717) is 51.4 Å². The Kier molecular flexibility index (Phi) is 7.94. The number of benzene rings is 1. The molecule has 172 valence electrons. The average Bonchev–Trinajstić information content (AvgIpc) is 3.07. The Labute approximate surface area is 185 Å².